The number of alkyl halides is 1. The van der Waals surface area contributed by atoms with Crippen molar-refractivity contribution < 1.29 is 4.79 Å². The summed E-state index contributed by atoms with van der Waals surface area (Å²) in [5.41, 5.74) is 1.50. The van der Waals surface area contributed by atoms with Gasteiger partial charge in [0.05, 0.1) is 11.4 Å². The molecular weight excluding hydrogens is 178 g/mol. The minimum absolute atomic E-state index is 0.0334. The Morgan fingerprint density at radius 2 is 2.50 bits per heavy atom. The molecule has 1 aromatic rings. The molecule has 4 nitrogen and oxygen atoms in total. The molecule has 5 heteroatoms. The molecule has 0 unspecified atom stereocenters. The normalized spacial score (nSPS) is 9.92. The molecule has 0 spiro atoms. The highest BCUT2D eigenvalue weighted by atomic mass is 35.5. The summed E-state index contributed by atoms with van der Waals surface area (Å²) >= 11 is 5.32. The first-order chi connectivity index (χ1) is 5.63. The van der Waals surface area contributed by atoms with Crippen LogP contribution in [0.3, 0.4) is 0 Å². The summed E-state index contributed by atoms with van der Waals surface area (Å²) in [5.74, 6) is -0.248. The number of nitrogens with zero attached hydrogens (tertiary/aromatic N) is 2. The van der Waals surface area contributed by atoms with Crippen LogP contribution in [0.15, 0.2) is 6.20 Å². The van der Waals surface area contributed by atoms with Crippen molar-refractivity contribution in [1.82, 2.24) is 9.78 Å². The minimum atomic E-state index is -0.215. The van der Waals surface area contributed by atoms with Gasteiger partial charge in [-0.15, -0.1) is 11.6 Å². The van der Waals surface area contributed by atoms with Crippen molar-refractivity contribution in [3.8, 4) is 0 Å². The Bertz CT molecular complexity index is 295. The van der Waals surface area contributed by atoms with Crippen LogP contribution in [-0.2, 0) is 11.8 Å². The van der Waals surface area contributed by atoms with Gasteiger partial charge in [-0.05, 0) is 6.92 Å². The van der Waals surface area contributed by atoms with Crippen LogP contribution in [-0.4, -0.2) is 21.6 Å². The van der Waals surface area contributed by atoms with Gasteiger partial charge in [-0.2, -0.15) is 5.10 Å². The predicted octanol–water partition coefficient (Wildman–Crippen LogP) is 0.906. The summed E-state index contributed by atoms with van der Waals surface area (Å²) in [5, 5.41) is 6.68. The first-order valence-corrected chi connectivity index (χ1v) is 4.03. The maximum absolute atomic E-state index is 10.9. The molecular formula is C7H10ClN3O. The van der Waals surface area contributed by atoms with E-state index < -0.39 is 0 Å². The molecule has 1 rings (SSSR count). The van der Waals surface area contributed by atoms with Crippen LogP contribution in [0.2, 0.25) is 0 Å². The topological polar surface area (TPSA) is 46.9 Å². The lowest BCUT2D eigenvalue weighted by molar-refractivity contribution is -0.113. The van der Waals surface area contributed by atoms with Gasteiger partial charge in [-0.1, -0.05) is 0 Å². The number of rotatable bonds is 2. The van der Waals surface area contributed by atoms with Crippen LogP contribution < -0.4 is 5.32 Å². The third-order valence-electron chi connectivity index (χ3n) is 1.41. The SMILES string of the molecule is Cc1nn(C)cc1NC(=O)CCl. The van der Waals surface area contributed by atoms with Gasteiger partial charge in [0.1, 0.15) is 5.88 Å². The van der Waals surface area contributed by atoms with Gasteiger partial charge >= 0.3 is 0 Å². The maximum atomic E-state index is 10.9. The van der Waals surface area contributed by atoms with Crippen molar-refractivity contribution in [2.75, 3.05) is 11.2 Å². The van der Waals surface area contributed by atoms with E-state index in [-0.39, 0.29) is 11.8 Å². The Morgan fingerprint density at radius 1 is 1.83 bits per heavy atom. The van der Waals surface area contributed by atoms with Crippen molar-refractivity contribution in [1.29, 1.82) is 0 Å². The number of aromatic nitrogens is 2. The number of carbonyl (C=O) groups is 1. The zero-order valence-corrected chi connectivity index (χ0v) is 7.72. The van der Waals surface area contributed by atoms with E-state index in [9.17, 15) is 4.79 Å². The average molecular weight is 188 g/mol. The maximum Gasteiger partial charge on any atom is 0.239 e. The molecule has 0 aliphatic rings. The summed E-state index contributed by atoms with van der Waals surface area (Å²) in [7, 11) is 1.79. The quantitative estimate of drug-likeness (QED) is 0.700. The molecule has 1 amide bonds. The molecule has 0 saturated carbocycles. The predicted molar refractivity (Wildman–Crippen MR) is 47.3 cm³/mol. The monoisotopic (exact) mass is 187 g/mol. The summed E-state index contributed by atoms with van der Waals surface area (Å²) in [4.78, 5) is 10.9. The Hall–Kier alpha value is -1.03. The van der Waals surface area contributed by atoms with Crippen molar-refractivity contribution in [2.24, 2.45) is 7.05 Å². The van der Waals surface area contributed by atoms with Gasteiger partial charge in [0.2, 0.25) is 5.91 Å². The minimum Gasteiger partial charge on any atom is -0.322 e. The van der Waals surface area contributed by atoms with Gasteiger partial charge in [0.15, 0.2) is 0 Å². The fraction of sp³-hybridized carbons (Fsp3) is 0.429. The van der Waals surface area contributed by atoms with E-state index in [0.717, 1.165) is 5.69 Å². The number of aryl methyl sites for hydroxylation is 2. The number of halogens is 1. The molecule has 1 N–H and O–H groups in total. The van der Waals surface area contributed by atoms with E-state index in [1.54, 1.807) is 17.9 Å². The standard InChI is InChI=1S/C7H10ClN3O/c1-5-6(4-11(2)10-5)9-7(12)3-8/h4H,3H2,1-2H3,(H,9,12). The molecule has 0 radical (unpaired) electrons. The van der Waals surface area contributed by atoms with Crippen LogP contribution in [0.1, 0.15) is 5.69 Å². The van der Waals surface area contributed by atoms with Crippen molar-refractivity contribution in [2.45, 2.75) is 6.92 Å². The number of nitrogens with one attached hydrogen (secondary N) is 1. The van der Waals surface area contributed by atoms with Crippen molar-refractivity contribution in [3.05, 3.63) is 11.9 Å². The summed E-state index contributed by atoms with van der Waals surface area (Å²) in [6.45, 7) is 1.82. The molecule has 1 aromatic heterocycles. The number of hydrogen-bond donors (Lipinski definition) is 1. The van der Waals surface area contributed by atoms with Crippen molar-refractivity contribution in [3.63, 3.8) is 0 Å². The number of carbonyl (C=O) groups excluding carboxylic acids is 1. The molecule has 0 fully saturated rings. The highest BCUT2D eigenvalue weighted by Crippen LogP contribution is 2.10. The zero-order chi connectivity index (χ0) is 9.14. The smallest absolute Gasteiger partial charge is 0.239 e. The summed E-state index contributed by atoms with van der Waals surface area (Å²) in [6, 6.07) is 0. The molecule has 0 aliphatic heterocycles. The fourth-order valence-corrected chi connectivity index (χ4v) is 0.973. The lowest BCUT2D eigenvalue weighted by Gasteiger charge is -1.98. The highest BCUT2D eigenvalue weighted by Gasteiger charge is 2.05. The number of amides is 1. The molecule has 0 bridgehead atoms. The molecule has 0 saturated heterocycles. The first kappa shape index (κ1) is 9.06. The first-order valence-electron chi connectivity index (χ1n) is 3.49. The molecule has 1 heterocycles. The number of hydrogen-bond acceptors (Lipinski definition) is 2. The van der Waals surface area contributed by atoms with Gasteiger partial charge in [-0.25, -0.2) is 0 Å². The van der Waals surface area contributed by atoms with Gasteiger partial charge in [0, 0.05) is 13.2 Å². The van der Waals surface area contributed by atoms with Gasteiger partial charge in [-0.3, -0.25) is 9.48 Å². The van der Waals surface area contributed by atoms with Crippen LogP contribution >= 0.6 is 11.6 Å². The van der Waals surface area contributed by atoms with Crippen LogP contribution in [0.5, 0.6) is 0 Å². The third-order valence-corrected chi connectivity index (χ3v) is 1.65. The second kappa shape index (κ2) is 3.58. The summed E-state index contributed by atoms with van der Waals surface area (Å²) < 4.78 is 1.64. The fourth-order valence-electron chi connectivity index (χ4n) is 0.906. The lowest BCUT2D eigenvalue weighted by Crippen LogP contribution is -2.12. The van der Waals surface area contributed by atoms with Gasteiger partial charge in [0.25, 0.3) is 0 Å². The summed E-state index contributed by atoms with van der Waals surface area (Å²) in [6.07, 6.45) is 1.74. The highest BCUT2D eigenvalue weighted by molar-refractivity contribution is 6.29. The third kappa shape index (κ3) is 1.98. The van der Waals surface area contributed by atoms with Gasteiger partial charge < -0.3 is 5.32 Å². The second-order valence-electron chi connectivity index (χ2n) is 2.48. The average Bonchev–Trinajstić information content (AvgIpc) is 2.30. The van der Waals surface area contributed by atoms with Crippen LogP contribution in [0.25, 0.3) is 0 Å². The van der Waals surface area contributed by atoms with Crippen molar-refractivity contribution >= 4 is 23.2 Å². The van der Waals surface area contributed by atoms with E-state index in [0.29, 0.717) is 5.69 Å². The van der Waals surface area contributed by atoms with E-state index in [2.05, 4.69) is 10.4 Å². The Kier molecular flexibility index (Phi) is 2.70. The Balaban J connectivity index is 2.75. The van der Waals surface area contributed by atoms with E-state index in [4.69, 9.17) is 11.6 Å². The van der Waals surface area contributed by atoms with Crippen LogP contribution in [0, 0.1) is 6.92 Å². The zero-order valence-electron chi connectivity index (χ0n) is 6.97. The van der Waals surface area contributed by atoms with E-state index >= 15 is 0 Å². The molecule has 66 valence electrons. The molecule has 0 aliphatic carbocycles. The second-order valence-corrected chi connectivity index (χ2v) is 2.75. The Morgan fingerprint density at radius 3 is 2.92 bits per heavy atom. The molecule has 0 atom stereocenters. The molecule has 12 heavy (non-hydrogen) atoms. The van der Waals surface area contributed by atoms with E-state index in [1.807, 2.05) is 6.92 Å². The lowest BCUT2D eigenvalue weighted by atomic mass is 10.4. The largest absolute Gasteiger partial charge is 0.322 e. The Labute approximate surface area is 75.5 Å². The van der Waals surface area contributed by atoms with Crippen LogP contribution in [0.4, 0.5) is 5.69 Å². The molecule has 0 aromatic carbocycles. The number of anilines is 1. The van der Waals surface area contributed by atoms with E-state index in [1.165, 1.54) is 0 Å².